The molecule has 4 heteroatoms. The van der Waals surface area contributed by atoms with Gasteiger partial charge in [-0.15, -0.1) is 0 Å². The Balaban J connectivity index is 3.40. The van der Waals surface area contributed by atoms with Crippen molar-refractivity contribution in [3.8, 4) is 0 Å². The number of unbranched alkanes of at least 4 members (excludes halogenated alkanes) is 18. The summed E-state index contributed by atoms with van der Waals surface area (Å²) >= 11 is 0. The van der Waals surface area contributed by atoms with Gasteiger partial charge in [0.2, 0.25) is 0 Å². The van der Waals surface area contributed by atoms with Crippen molar-refractivity contribution >= 4 is 11.9 Å². The molecule has 0 fully saturated rings. The van der Waals surface area contributed by atoms with Gasteiger partial charge in [-0.3, -0.25) is 9.59 Å². The van der Waals surface area contributed by atoms with Crippen molar-refractivity contribution in [3.63, 3.8) is 0 Å². The first kappa shape index (κ1) is 33.4. The van der Waals surface area contributed by atoms with E-state index in [1.807, 2.05) is 0 Å². The molecule has 204 valence electrons. The predicted octanol–water partition coefficient (Wildman–Crippen LogP) is 9.57. The molecule has 0 heterocycles. The number of aliphatic carboxylic acids is 1. The highest BCUT2D eigenvalue weighted by molar-refractivity contribution is 5.78. The second-order valence-electron chi connectivity index (χ2n) is 10.1. The maximum atomic E-state index is 11.6. The molecule has 1 N–H and O–H groups in total. The Hall–Kier alpha value is -1.58. The third-order valence-corrected chi connectivity index (χ3v) is 6.69. The van der Waals surface area contributed by atoms with E-state index in [9.17, 15) is 14.7 Å². The van der Waals surface area contributed by atoms with Gasteiger partial charge in [0, 0.05) is 0 Å². The summed E-state index contributed by atoms with van der Waals surface area (Å²) in [5.74, 6) is -2.00. The first-order chi connectivity index (χ1) is 17.1. The van der Waals surface area contributed by atoms with Crippen LogP contribution < -0.4 is 0 Å². The van der Waals surface area contributed by atoms with Crippen molar-refractivity contribution in [2.75, 3.05) is 6.61 Å². The predicted molar refractivity (Wildman–Crippen MR) is 149 cm³/mol. The Bertz CT molecular complexity index is 526. The Kier molecular flexibility index (Phi) is 25.8. The summed E-state index contributed by atoms with van der Waals surface area (Å²) < 4.78 is 4.90. The molecule has 0 spiro atoms. The molecule has 4 nitrogen and oxygen atoms in total. The maximum absolute atomic E-state index is 11.6. The van der Waals surface area contributed by atoms with Gasteiger partial charge in [-0.2, -0.15) is 0 Å². The molecular weight excluding hydrogens is 436 g/mol. The molecule has 0 aromatic rings. The van der Waals surface area contributed by atoms with Crippen LogP contribution in [0.5, 0.6) is 0 Å². The lowest BCUT2D eigenvalue weighted by atomic mass is 9.97. The molecule has 0 amide bonds. The minimum absolute atomic E-state index is 0.0469. The molecule has 0 saturated carbocycles. The number of carboxylic acids is 1. The average Bonchev–Trinajstić information content (AvgIpc) is 2.84. The Morgan fingerprint density at radius 2 is 1.14 bits per heavy atom. The van der Waals surface area contributed by atoms with Gasteiger partial charge < -0.3 is 9.84 Å². The summed E-state index contributed by atoms with van der Waals surface area (Å²) in [4.78, 5) is 22.9. The van der Waals surface area contributed by atoms with Gasteiger partial charge in [0.15, 0.2) is 0 Å². The second-order valence-corrected chi connectivity index (χ2v) is 10.1. The molecule has 1 atom stereocenters. The number of carboxylic acid groups (broad SMARTS) is 1. The average molecular weight is 493 g/mol. The van der Waals surface area contributed by atoms with Gasteiger partial charge >= 0.3 is 11.9 Å². The Labute approximate surface area is 217 Å². The van der Waals surface area contributed by atoms with E-state index in [1.54, 1.807) is 0 Å². The van der Waals surface area contributed by atoms with Crippen LogP contribution in [0, 0.1) is 5.92 Å². The summed E-state index contributed by atoms with van der Waals surface area (Å²) in [5, 5.41) is 9.28. The summed E-state index contributed by atoms with van der Waals surface area (Å²) in [6.07, 6.45) is 32.7. The summed E-state index contributed by atoms with van der Waals surface area (Å²) in [7, 11) is 0. The molecule has 1 unspecified atom stereocenters. The number of hydrogen-bond acceptors (Lipinski definition) is 3. The van der Waals surface area contributed by atoms with Crippen LogP contribution in [0.4, 0.5) is 0 Å². The van der Waals surface area contributed by atoms with Gasteiger partial charge in [-0.25, -0.2) is 0 Å². The quantitative estimate of drug-likeness (QED) is 0.0704. The number of carbonyl (C=O) groups excluding carboxylic acids is 1. The minimum atomic E-state index is -0.907. The maximum Gasteiger partial charge on any atom is 0.307 e. The molecular formula is C31H56O4. The van der Waals surface area contributed by atoms with Gasteiger partial charge in [0.1, 0.15) is 6.61 Å². The monoisotopic (exact) mass is 492 g/mol. The van der Waals surface area contributed by atoms with E-state index >= 15 is 0 Å². The van der Waals surface area contributed by atoms with Gasteiger partial charge in [0.25, 0.3) is 0 Å². The Morgan fingerprint density at radius 3 is 1.57 bits per heavy atom. The van der Waals surface area contributed by atoms with E-state index < -0.39 is 17.9 Å². The van der Waals surface area contributed by atoms with Crippen LogP contribution in [-0.4, -0.2) is 23.7 Å². The molecule has 0 rings (SSSR count). The van der Waals surface area contributed by atoms with E-state index in [4.69, 9.17) is 4.74 Å². The van der Waals surface area contributed by atoms with Crippen LogP contribution in [0.25, 0.3) is 0 Å². The summed E-state index contributed by atoms with van der Waals surface area (Å²) in [5.41, 5.74) is 0. The third-order valence-electron chi connectivity index (χ3n) is 6.69. The fraction of sp³-hybridized carbons (Fsp3) is 0.806. The lowest BCUT2D eigenvalue weighted by Gasteiger charge is -2.11. The molecule has 0 aliphatic rings. The highest BCUT2D eigenvalue weighted by atomic mass is 16.5. The summed E-state index contributed by atoms with van der Waals surface area (Å²) in [6, 6.07) is 0. The number of carbonyl (C=O) groups is 2. The topological polar surface area (TPSA) is 63.6 Å². The van der Waals surface area contributed by atoms with Crippen molar-refractivity contribution in [3.05, 3.63) is 24.8 Å². The van der Waals surface area contributed by atoms with E-state index in [0.717, 1.165) is 19.3 Å². The summed E-state index contributed by atoms with van der Waals surface area (Å²) in [6.45, 7) is 5.90. The van der Waals surface area contributed by atoms with Crippen LogP contribution >= 0.6 is 0 Å². The smallest absolute Gasteiger partial charge is 0.307 e. The van der Waals surface area contributed by atoms with Crippen molar-refractivity contribution in [2.45, 2.75) is 148 Å². The zero-order valence-corrected chi connectivity index (χ0v) is 23.0. The third kappa shape index (κ3) is 25.3. The fourth-order valence-electron chi connectivity index (χ4n) is 4.42. The molecule has 0 radical (unpaired) electrons. The van der Waals surface area contributed by atoms with Crippen LogP contribution in [0.3, 0.4) is 0 Å². The minimum Gasteiger partial charge on any atom is -0.481 e. The lowest BCUT2D eigenvalue weighted by Crippen LogP contribution is -2.19. The molecule has 0 saturated heterocycles. The highest BCUT2D eigenvalue weighted by Gasteiger charge is 2.21. The molecule has 0 bridgehead atoms. The first-order valence-corrected chi connectivity index (χ1v) is 14.8. The van der Waals surface area contributed by atoms with Gasteiger partial charge in [-0.05, 0) is 32.1 Å². The zero-order chi connectivity index (χ0) is 25.8. The van der Waals surface area contributed by atoms with Crippen LogP contribution in [0.15, 0.2) is 24.8 Å². The SMILES string of the molecule is C=CCOC(=O)CC(CCCCCCCC/C=C/CCCCCCCCCCCCCC)C(=O)O. The van der Waals surface area contributed by atoms with E-state index in [-0.39, 0.29) is 13.0 Å². The number of hydrogen-bond donors (Lipinski definition) is 1. The zero-order valence-electron chi connectivity index (χ0n) is 23.0. The second kappa shape index (κ2) is 27.0. The van der Waals surface area contributed by atoms with Crippen LogP contribution in [-0.2, 0) is 14.3 Å². The van der Waals surface area contributed by atoms with E-state index in [0.29, 0.717) is 6.42 Å². The number of allylic oxidation sites excluding steroid dienone is 2. The first-order valence-electron chi connectivity index (χ1n) is 14.8. The van der Waals surface area contributed by atoms with Crippen LogP contribution in [0.2, 0.25) is 0 Å². The molecule has 0 aromatic heterocycles. The molecule has 0 aromatic carbocycles. The normalized spacial score (nSPS) is 12.1. The standard InChI is InChI=1S/C31H56O4/c1-3-5-6-7-8-9-10-11-12-13-14-15-16-17-18-19-20-21-22-23-24-25-26-29(31(33)34)28-30(32)35-27-4-2/h4,17-18,29H,2-3,5-16,19-28H2,1H3,(H,33,34)/b18-17+. The van der Waals surface area contributed by atoms with Gasteiger partial charge in [0.05, 0.1) is 12.3 Å². The number of rotatable bonds is 27. The highest BCUT2D eigenvalue weighted by Crippen LogP contribution is 2.17. The lowest BCUT2D eigenvalue weighted by molar-refractivity contribution is -0.151. The largest absolute Gasteiger partial charge is 0.481 e. The van der Waals surface area contributed by atoms with E-state index in [2.05, 4.69) is 25.7 Å². The Morgan fingerprint density at radius 1 is 0.714 bits per heavy atom. The van der Waals surface area contributed by atoms with Crippen molar-refractivity contribution in [2.24, 2.45) is 5.92 Å². The fourth-order valence-corrected chi connectivity index (χ4v) is 4.42. The number of esters is 1. The molecule has 0 aliphatic carbocycles. The molecule has 35 heavy (non-hydrogen) atoms. The van der Waals surface area contributed by atoms with Crippen molar-refractivity contribution < 1.29 is 19.4 Å². The number of ether oxygens (including phenoxy) is 1. The van der Waals surface area contributed by atoms with Gasteiger partial charge in [-0.1, -0.05) is 134 Å². The van der Waals surface area contributed by atoms with E-state index in [1.165, 1.54) is 115 Å². The van der Waals surface area contributed by atoms with Crippen LogP contribution in [0.1, 0.15) is 148 Å². The van der Waals surface area contributed by atoms with Crippen molar-refractivity contribution in [1.29, 1.82) is 0 Å². The molecule has 0 aliphatic heterocycles. The van der Waals surface area contributed by atoms with Crippen molar-refractivity contribution in [1.82, 2.24) is 0 Å².